The van der Waals surface area contributed by atoms with E-state index < -0.39 is 37.5 Å². The van der Waals surface area contributed by atoms with Crippen LogP contribution < -0.4 is 14.8 Å². The zero-order valence-electron chi connectivity index (χ0n) is 21.0. The van der Waals surface area contributed by atoms with Crippen molar-refractivity contribution in [2.24, 2.45) is 0 Å². The highest BCUT2D eigenvalue weighted by Gasteiger charge is 2.28. The molecule has 1 heterocycles. The van der Waals surface area contributed by atoms with Gasteiger partial charge in [0.15, 0.2) is 5.69 Å². The minimum atomic E-state index is -4.21. The Bertz CT molecular complexity index is 1440. The van der Waals surface area contributed by atoms with Gasteiger partial charge in [0.25, 0.3) is 11.6 Å². The Kier molecular flexibility index (Phi) is 8.57. The van der Waals surface area contributed by atoms with E-state index in [1.807, 2.05) is 0 Å². The highest BCUT2D eigenvalue weighted by atomic mass is 35.5. The number of hydrogen-bond donors (Lipinski definition) is 2. The SMILES string of the molecule is CC[C@@H](C)NS(=O)(=O)c1cc([N+](=O)[O-])ccc1Oc1c(C)c(C(=O)NC(C)C)nn1-c1cccc(Cl)c1. The maximum Gasteiger partial charge on any atom is 0.272 e. The second kappa shape index (κ2) is 11.3. The first-order valence-electron chi connectivity index (χ1n) is 11.5. The van der Waals surface area contributed by atoms with Gasteiger partial charge in [0.2, 0.25) is 15.9 Å². The van der Waals surface area contributed by atoms with Crippen LogP contribution in [0.15, 0.2) is 47.4 Å². The lowest BCUT2D eigenvalue weighted by Gasteiger charge is -2.16. The molecule has 3 rings (SSSR count). The summed E-state index contributed by atoms with van der Waals surface area (Å²) in [5.74, 6) is -0.582. The number of benzene rings is 2. The van der Waals surface area contributed by atoms with Gasteiger partial charge in [-0.05, 0) is 58.4 Å². The van der Waals surface area contributed by atoms with E-state index in [9.17, 15) is 23.3 Å². The van der Waals surface area contributed by atoms with Gasteiger partial charge < -0.3 is 10.1 Å². The molecule has 0 radical (unpaired) electrons. The topological polar surface area (TPSA) is 145 Å². The summed E-state index contributed by atoms with van der Waals surface area (Å²) >= 11 is 6.17. The third kappa shape index (κ3) is 6.45. The molecule has 2 N–H and O–H groups in total. The van der Waals surface area contributed by atoms with Crippen molar-refractivity contribution in [2.45, 2.75) is 58.0 Å². The van der Waals surface area contributed by atoms with E-state index in [4.69, 9.17) is 16.3 Å². The zero-order chi connectivity index (χ0) is 27.5. The fraction of sp³-hybridized carbons (Fsp3) is 0.333. The maximum absolute atomic E-state index is 13.2. The van der Waals surface area contributed by atoms with Crippen LogP contribution in [0.3, 0.4) is 0 Å². The molecule has 0 aliphatic heterocycles. The summed E-state index contributed by atoms with van der Waals surface area (Å²) in [6.45, 7) is 8.69. The van der Waals surface area contributed by atoms with Gasteiger partial charge in [-0.3, -0.25) is 14.9 Å². The molecular formula is C24H28ClN5O6S. The molecule has 1 amide bonds. The number of nitrogens with one attached hydrogen (secondary N) is 2. The average Bonchev–Trinajstić information content (AvgIpc) is 3.14. The molecule has 0 saturated heterocycles. The summed E-state index contributed by atoms with van der Waals surface area (Å²) < 4.78 is 36.3. The first-order chi connectivity index (χ1) is 17.3. The Morgan fingerprint density at radius 3 is 2.51 bits per heavy atom. The second-order valence-electron chi connectivity index (χ2n) is 8.72. The number of nitro groups is 1. The van der Waals surface area contributed by atoms with E-state index in [1.165, 1.54) is 10.7 Å². The Morgan fingerprint density at radius 1 is 1.22 bits per heavy atom. The van der Waals surface area contributed by atoms with E-state index in [0.717, 1.165) is 12.1 Å². The molecule has 0 saturated carbocycles. The van der Waals surface area contributed by atoms with Crippen LogP contribution in [0.4, 0.5) is 5.69 Å². The predicted octanol–water partition coefficient (Wildman–Crippen LogP) is 4.75. The van der Waals surface area contributed by atoms with Crippen molar-refractivity contribution in [3.8, 4) is 17.3 Å². The van der Waals surface area contributed by atoms with E-state index in [2.05, 4.69) is 15.1 Å². The Hall–Kier alpha value is -3.48. The van der Waals surface area contributed by atoms with Gasteiger partial charge in [0, 0.05) is 34.8 Å². The Labute approximate surface area is 220 Å². The molecule has 0 unspecified atom stereocenters. The van der Waals surface area contributed by atoms with Crippen molar-refractivity contribution in [1.29, 1.82) is 0 Å². The fourth-order valence-electron chi connectivity index (χ4n) is 3.35. The second-order valence-corrected chi connectivity index (χ2v) is 10.8. The number of amides is 1. The fourth-order valence-corrected chi connectivity index (χ4v) is 5.01. The summed E-state index contributed by atoms with van der Waals surface area (Å²) in [5, 5.41) is 19.0. The van der Waals surface area contributed by atoms with Crippen LogP contribution >= 0.6 is 11.6 Å². The monoisotopic (exact) mass is 549 g/mol. The minimum absolute atomic E-state index is 0.0463. The number of nitro benzene ring substituents is 1. The molecule has 11 nitrogen and oxygen atoms in total. The number of halogens is 1. The van der Waals surface area contributed by atoms with Crippen molar-refractivity contribution < 1.29 is 22.9 Å². The number of carbonyl (C=O) groups excluding carboxylic acids is 1. The van der Waals surface area contributed by atoms with E-state index in [0.29, 0.717) is 22.7 Å². The molecule has 1 aromatic heterocycles. The minimum Gasteiger partial charge on any atom is -0.437 e. The van der Waals surface area contributed by atoms with Crippen molar-refractivity contribution in [3.63, 3.8) is 0 Å². The average molecular weight is 550 g/mol. The zero-order valence-corrected chi connectivity index (χ0v) is 22.6. The third-order valence-electron chi connectivity index (χ3n) is 5.36. The number of rotatable bonds is 10. The first-order valence-corrected chi connectivity index (χ1v) is 13.3. The van der Waals surface area contributed by atoms with Crippen LogP contribution in [0.2, 0.25) is 5.02 Å². The third-order valence-corrected chi connectivity index (χ3v) is 7.20. The Balaban J connectivity index is 2.22. The van der Waals surface area contributed by atoms with Crippen LogP contribution in [0.1, 0.15) is 50.2 Å². The first kappa shape index (κ1) is 28.1. The van der Waals surface area contributed by atoms with Gasteiger partial charge in [0.05, 0.1) is 10.6 Å². The molecule has 13 heteroatoms. The highest BCUT2D eigenvalue weighted by molar-refractivity contribution is 7.89. The summed E-state index contributed by atoms with van der Waals surface area (Å²) in [6.07, 6.45) is 0.499. The molecule has 0 aliphatic carbocycles. The van der Waals surface area contributed by atoms with Crippen LogP contribution in [-0.2, 0) is 10.0 Å². The van der Waals surface area contributed by atoms with Gasteiger partial charge in [-0.15, -0.1) is 0 Å². The number of hydrogen-bond acceptors (Lipinski definition) is 7. The lowest BCUT2D eigenvalue weighted by molar-refractivity contribution is -0.385. The number of aromatic nitrogens is 2. The normalized spacial score (nSPS) is 12.4. The molecular weight excluding hydrogens is 522 g/mol. The lowest BCUT2D eigenvalue weighted by Crippen LogP contribution is -2.32. The predicted molar refractivity (Wildman–Crippen MR) is 139 cm³/mol. The maximum atomic E-state index is 13.2. The van der Waals surface area contributed by atoms with E-state index in [1.54, 1.807) is 58.9 Å². The van der Waals surface area contributed by atoms with E-state index in [-0.39, 0.29) is 23.4 Å². The van der Waals surface area contributed by atoms with Gasteiger partial charge >= 0.3 is 0 Å². The molecule has 0 aliphatic rings. The van der Waals surface area contributed by atoms with E-state index >= 15 is 0 Å². The largest absolute Gasteiger partial charge is 0.437 e. The molecule has 0 fully saturated rings. The highest BCUT2D eigenvalue weighted by Crippen LogP contribution is 2.36. The van der Waals surface area contributed by atoms with Crippen molar-refractivity contribution >= 4 is 33.2 Å². The summed E-state index contributed by atoms with van der Waals surface area (Å²) in [4.78, 5) is 23.1. The number of non-ortho nitro benzene ring substituents is 1. The van der Waals surface area contributed by atoms with Gasteiger partial charge in [-0.1, -0.05) is 24.6 Å². The van der Waals surface area contributed by atoms with Crippen LogP contribution in [0.5, 0.6) is 11.6 Å². The molecule has 0 bridgehead atoms. The molecule has 198 valence electrons. The standard InChI is InChI=1S/C24H28ClN5O6S/c1-6-15(4)28-37(34,35)21-13-19(30(32)33)10-11-20(21)36-24-16(5)22(23(31)26-14(2)3)27-29(24)18-9-7-8-17(25)12-18/h7-15,28H,6H2,1-5H3,(H,26,31)/t15-/m1/s1. The number of sulfonamides is 1. The van der Waals surface area contributed by atoms with Gasteiger partial charge in [0.1, 0.15) is 10.6 Å². The summed E-state index contributed by atoms with van der Waals surface area (Å²) in [5.41, 5.74) is 0.426. The van der Waals surface area contributed by atoms with Crippen LogP contribution in [0.25, 0.3) is 5.69 Å². The quantitative estimate of drug-likeness (QED) is 0.274. The number of carbonyl (C=O) groups is 1. The van der Waals surface area contributed by atoms with Crippen molar-refractivity contribution in [1.82, 2.24) is 19.8 Å². The molecule has 0 spiro atoms. The smallest absolute Gasteiger partial charge is 0.272 e. The summed E-state index contributed by atoms with van der Waals surface area (Å²) in [6, 6.07) is 9.32. The Morgan fingerprint density at radius 2 is 1.92 bits per heavy atom. The van der Waals surface area contributed by atoms with Gasteiger partial charge in [-0.25, -0.2) is 13.1 Å². The number of ether oxygens (including phenoxy) is 1. The number of nitrogens with zero attached hydrogens (tertiary/aromatic N) is 3. The molecule has 2 aromatic carbocycles. The summed E-state index contributed by atoms with van der Waals surface area (Å²) in [7, 11) is -4.21. The molecule has 3 aromatic rings. The lowest BCUT2D eigenvalue weighted by atomic mass is 10.2. The molecule has 1 atom stereocenters. The van der Waals surface area contributed by atoms with Crippen molar-refractivity contribution in [3.05, 3.63) is 68.9 Å². The van der Waals surface area contributed by atoms with Crippen molar-refractivity contribution in [2.75, 3.05) is 0 Å². The van der Waals surface area contributed by atoms with Crippen LogP contribution in [0, 0.1) is 17.0 Å². The van der Waals surface area contributed by atoms with Gasteiger partial charge in [-0.2, -0.15) is 9.78 Å². The van der Waals surface area contributed by atoms with Crippen LogP contribution in [-0.4, -0.2) is 41.1 Å². The molecule has 37 heavy (non-hydrogen) atoms.